The van der Waals surface area contributed by atoms with E-state index in [1.165, 1.54) is 16.7 Å². The third-order valence-corrected chi connectivity index (χ3v) is 7.14. The molecule has 1 heterocycles. The highest BCUT2D eigenvalue weighted by atomic mass is 32.2. The lowest BCUT2D eigenvalue weighted by atomic mass is 10.0. The number of hydrogen-bond acceptors (Lipinski definition) is 11. The van der Waals surface area contributed by atoms with Crippen LogP contribution in [0.15, 0.2) is 30.3 Å². The monoisotopic (exact) mass is 556 g/mol. The number of nitrogens with one attached hydrogen (secondary N) is 1. The molecule has 0 aromatic heterocycles. The summed E-state index contributed by atoms with van der Waals surface area (Å²) in [5.74, 6) is -0.851. The Morgan fingerprint density at radius 1 is 1.11 bits per heavy atom. The van der Waals surface area contributed by atoms with Gasteiger partial charge in [0, 0.05) is 18.1 Å². The molecule has 3 unspecified atom stereocenters. The summed E-state index contributed by atoms with van der Waals surface area (Å²) in [4.78, 5) is 44.3. The van der Waals surface area contributed by atoms with Crippen molar-refractivity contribution in [1.29, 1.82) is 0 Å². The van der Waals surface area contributed by atoms with Crippen molar-refractivity contribution >= 4 is 29.6 Å². The van der Waals surface area contributed by atoms with Crippen LogP contribution in [0.1, 0.15) is 44.1 Å². The first-order valence-corrected chi connectivity index (χ1v) is 14.1. The van der Waals surface area contributed by atoms with Crippen LogP contribution in [0.25, 0.3) is 0 Å². The topological polar surface area (TPSA) is 175 Å². The lowest BCUT2D eigenvalue weighted by Gasteiger charge is -2.30. The van der Waals surface area contributed by atoms with E-state index in [1.807, 2.05) is 30.3 Å². The normalized spacial score (nSPS) is 16.9. The van der Waals surface area contributed by atoms with Crippen molar-refractivity contribution in [3.63, 3.8) is 0 Å². The molecule has 1 amide bonds. The molecule has 6 N–H and O–H groups in total. The van der Waals surface area contributed by atoms with Gasteiger partial charge in [-0.3, -0.25) is 25.3 Å². The van der Waals surface area contributed by atoms with E-state index in [-0.39, 0.29) is 24.5 Å². The van der Waals surface area contributed by atoms with E-state index in [4.69, 9.17) is 20.9 Å². The van der Waals surface area contributed by atoms with Gasteiger partial charge in [-0.15, -0.1) is 0 Å². The highest BCUT2D eigenvalue weighted by Crippen LogP contribution is 2.21. The molecule has 1 aliphatic rings. The first kappa shape index (κ1) is 32.0. The third kappa shape index (κ3) is 11.6. The van der Waals surface area contributed by atoms with E-state index in [0.29, 0.717) is 69.5 Å². The Labute approximate surface area is 227 Å². The molecule has 214 valence electrons. The average Bonchev–Trinajstić information content (AvgIpc) is 3.39. The SMILES string of the molecule is NCCCCC(NC(CCc1ccccc1)C(=O)O)C(=O)N1CCCC1C(=O)OCCSCCON(O)O. The van der Waals surface area contributed by atoms with E-state index >= 15 is 0 Å². The standard InChI is InChI=1S/C25H40N4O8S/c26-13-5-4-9-20(27-21(24(31)32)12-11-19-7-2-1-3-8-19)23(30)28-14-6-10-22(28)25(33)36-15-17-38-18-16-37-29(34)35/h1-3,7-8,20-22,27,34-35H,4-6,9-18,26H2,(H,31,32). The molecule has 38 heavy (non-hydrogen) atoms. The molecule has 0 aliphatic carbocycles. The van der Waals surface area contributed by atoms with E-state index < -0.39 is 30.1 Å². The van der Waals surface area contributed by atoms with Gasteiger partial charge < -0.3 is 20.5 Å². The van der Waals surface area contributed by atoms with Crippen LogP contribution in [0.5, 0.6) is 0 Å². The van der Waals surface area contributed by atoms with Gasteiger partial charge in [-0.25, -0.2) is 9.63 Å². The first-order valence-electron chi connectivity index (χ1n) is 12.9. The minimum atomic E-state index is -1.02. The number of likely N-dealkylation sites (tertiary alicyclic amines) is 1. The molecule has 0 radical (unpaired) electrons. The predicted molar refractivity (Wildman–Crippen MR) is 140 cm³/mol. The number of carbonyl (C=O) groups is 3. The van der Waals surface area contributed by atoms with Crippen molar-refractivity contribution in [3.05, 3.63) is 35.9 Å². The van der Waals surface area contributed by atoms with Crippen molar-refractivity contribution < 1.29 is 39.5 Å². The van der Waals surface area contributed by atoms with Gasteiger partial charge in [-0.2, -0.15) is 11.8 Å². The summed E-state index contributed by atoms with van der Waals surface area (Å²) in [5.41, 5.74) is 6.65. The molecule has 1 saturated heterocycles. The predicted octanol–water partition coefficient (Wildman–Crippen LogP) is 1.44. The van der Waals surface area contributed by atoms with E-state index in [2.05, 4.69) is 10.2 Å². The highest BCUT2D eigenvalue weighted by Gasteiger charge is 2.39. The van der Waals surface area contributed by atoms with Crippen molar-refractivity contribution in [2.45, 2.75) is 63.1 Å². The second-order valence-electron chi connectivity index (χ2n) is 8.97. The summed E-state index contributed by atoms with van der Waals surface area (Å²) in [5, 5.41) is 29.5. The number of ether oxygens (including phenoxy) is 1. The van der Waals surface area contributed by atoms with Gasteiger partial charge in [0.2, 0.25) is 5.91 Å². The van der Waals surface area contributed by atoms with Gasteiger partial charge in [0.25, 0.3) is 0 Å². The third-order valence-electron chi connectivity index (χ3n) is 6.22. The second kappa shape index (κ2) is 18.1. The summed E-state index contributed by atoms with van der Waals surface area (Å²) in [6.07, 6.45) is 3.79. The van der Waals surface area contributed by atoms with Crippen LogP contribution in [-0.2, 0) is 30.4 Å². The number of carboxylic acid groups (broad SMARTS) is 1. The molecule has 0 spiro atoms. The smallest absolute Gasteiger partial charge is 0.328 e. The molecule has 13 heteroatoms. The van der Waals surface area contributed by atoms with E-state index in [9.17, 15) is 19.5 Å². The van der Waals surface area contributed by atoms with Crippen LogP contribution in [-0.4, -0.2) is 99.6 Å². The number of unbranched alkanes of at least 4 members (excludes halogenated alkanes) is 1. The second-order valence-corrected chi connectivity index (χ2v) is 10.2. The molecule has 0 bridgehead atoms. The number of esters is 1. The van der Waals surface area contributed by atoms with Gasteiger partial charge in [-0.05, 0) is 50.6 Å². The molecular weight excluding hydrogens is 516 g/mol. The fourth-order valence-electron chi connectivity index (χ4n) is 4.30. The number of nitrogens with zero attached hydrogens (tertiary/aromatic N) is 2. The fraction of sp³-hybridized carbons (Fsp3) is 0.640. The highest BCUT2D eigenvalue weighted by molar-refractivity contribution is 7.99. The number of aryl methyl sites for hydroxylation is 1. The van der Waals surface area contributed by atoms with E-state index in [1.54, 1.807) is 0 Å². The molecule has 1 fully saturated rings. The Balaban J connectivity index is 1.95. The van der Waals surface area contributed by atoms with Crippen LogP contribution in [0, 0.1) is 0 Å². The molecule has 2 rings (SSSR count). The maximum Gasteiger partial charge on any atom is 0.328 e. The lowest BCUT2D eigenvalue weighted by molar-refractivity contribution is -0.490. The van der Waals surface area contributed by atoms with Gasteiger partial charge in [-0.1, -0.05) is 36.8 Å². The number of nitrogens with two attached hydrogens (primary N) is 1. The zero-order valence-corrected chi connectivity index (χ0v) is 22.4. The van der Waals surface area contributed by atoms with Gasteiger partial charge in [0.05, 0.1) is 18.0 Å². The van der Waals surface area contributed by atoms with Crippen molar-refractivity contribution in [1.82, 2.24) is 15.6 Å². The number of aliphatic carboxylic acids is 1. The van der Waals surface area contributed by atoms with Crippen molar-refractivity contribution in [3.8, 4) is 0 Å². The Kier molecular flexibility index (Phi) is 15.2. The van der Waals surface area contributed by atoms with Crippen LogP contribution >= 0.6 is 11.8 Å². The Morgan fingerprint density at radius 3 is 2.53 bits per heavy atom. The van der Waals surface area contributed by atoms with Gasteiger partial charge in [0.1, 0.15) is 18.7 Å². The molecule has 1 aromatic carbocycles. The minimum absolute atomic E-state index is 0.0811. The summed E-state index contributed by atoms with van der Waals surface area (Å²) in [7, 11) is 0. The molecule has 12 nitrogen and oxygen atoms in total. The summed E-state index contributed by atoms with van der Waals surface area (Å²) >= 11 is 1.41. The summed E-state index contributed by atoms with van der Waals surface area (Å²) in [6, 6.07) is 7.20. The van der Waals surface area contributed by atoms with Gasteiger partial charge in [0.15, 0.2) is 0 Å². The summed E-state index contributed by atoms with van der Waals surface area (Å²) in [6.45, 7) is 1.10. The molecule has 1 aliphatic heterocycles. The maximum atomic E-state index is 13.6. The summed E-state index contributed by atoms with van der Waals surface area (Å²) < 4.78 is 5.38. The van der Waals surface area contributed by atoms with Crippen LogP contribution < -0.4 is 11.1 Å². The average molecular weight is 557 g/mol. The molecular formula is C25H40N4O8S. The fourth-order valence-corrected chi connectivity index (χ4v) is 4.90. The number of benzene rings is 1. The number of carboxylic acids is 1. The maximum absolute atomic E-state index is 13.6. The lowest BCUT2D eigenvalue weighted by Crippen LogP contribution is -2.54. The number of hydrogen-bond donors (Lipinski definition) is 5. The number of thioether (sulfide) groups is 1. The Hall–Kier alpha value is -2.26. The quantitative estimate of drug-likeness (QED) is 0.0943. The molecule has 1 aromatic rings. The van der Waals surface area contributed by atoms with Crippen LogP contribution in [0.4, 0.5) is 0 Å². The number of carbonyl (C=O) groups excluding carboxylic acids is 2. The van der Waals surface area contributed by atoms with Gasteiger partial charge >= 0.3 is 11.9 Å². The van der Waals surface area contributed by atoms with E-state index in [0.717, 1.165) is 5.56 Å². The zero-order chi connectivity index (χ0) is 27.8. The minimum Gasteiger partial charge on any atom is -0.480 e. The largest absolute Gasteiger partial charge is 0.480 e. The van der Waals surface area contributed by atoms with Crippen molar-refractivity contribution in [2.24, 2.45) is 5.73 Å². The number of amides is 1. The van der Waals surface area contributed by atoms with Crippen LogP contribution in [0.3, 0.4) is 0 Å². The zero-order valence-electron chi connectivity index (χ0n) is 21.6. The molecule has 3 atom stereocenters. The van der Waals surface area contributed by atoms with Crippen molar-refractivity contribution in [2.75, 3.05) is 37.8 Å². The number of rotatable bonds is 19. The molecule has 0 saturated carbocycles. The first-order chi connectivity index (χ1) is 18.3. The Bertz CT molecular complexity index is 848. The Morgan fingerprint density at radius 2 is 1.84 bits per heavy atom. The van der Waals surface area contributed by atoms with Crippen LogP contribution in [0.2, 0.25) is 0 Å².